The van der Waals surface area contributed by atoms with E-state index in [2.05, 4.69) is 40.3 Å². The van der Waals surface area contributed by atoms with E-state index in [0.29, 0.717) is 11.4 Å². The van der Waals surface area contributed by atoms with Crippen molar-refractivity contribution in [3.8, 4) is 0 Å². The zero-order valence-corrected chi connectivity index (χ0v) is 13.8. The van der Waals surface area contributed by atoms with Crippen LogP contribution in [0.25, 0.3) is 0 Å². The van der Waals surface area contributed by atoms with E-state index in [-0.39, 0.29) is 0 Å². The van der Waals surface area contributed by atoms with Crippen molar-refractivity contribution in [3.05, 3.63) is 58.1 Å². The molecule has 3 nitrogen and oxygen atoms in total. The third-order valence-corrected chi connectivity index (χ3v) is 4.70. The molecule has 2 aromatic carbocycles. The Morgan fingerprint density at radius 1 is 1.10 bits per heavy atom. The zero-order valence-electron chi connectivity index (χ0n) is 11.4. The highest BCUT2D eigenvalue weighted by Crippen LogP contribution is 2.19. The number of nitrogens with one attached hydrogen (secondary N) is 1. The van der Waals surface area contributed by atoms with Gasteiger partial charge in [-0.15, -0.1) is 0 Å². The molecule has 0 saturated heterocycles. The molecule has 0 aliphatic heterocycles. The van der Waals surface area contributed by atoms with E-state index >= 15 is 0 Å². The number of halogens is 1. The molecule has 0 aromatic heterocycles. The monoisotopic (exact) mass is 353 g/mol. The Morgan fingerprint density at radius 2 is 1.75 bits per heavy atom. The highest BCUT2D eigenvalue weighted by Gasteiger charge is 2.06. The topological polar surface area (TPSA) is 46.2 Å². The van der Waals surface area contributed by atoms with Gasteiger partial charge in [0.05, 0.1) is 4.90 Å². The lowest BCUT2D eigenvalue weighted by Crippen LogP contribution is -2.02. The van der Waals surface area contributed by atoms with E-state index < -0.39 is 9.84 Å². The summed E-state index contributed by atoms with van der Waals surface area (Å²) in [4.78, 5) is 0.335. The minimum absolute atomic E-state index is 0.335. The predicted molar refractivity (Wildman–Crippen MR) is 85.8 cm³/mol. The first-order valence-electron chi connectivity index (χ1n) is 6.15. The highest BCUT2D eigenvalue weighted by molar-refractivity contribution is 9.10. The quantitative estimate of drug-likeness (QED) is 0.909. The number of rotatable bonds is 4. The summed E-state index contributed by atoms with van der Waals surface area (Å²) >= 11 is 3.46. The summed E-state index contributed by atoms with van der Waals surface area (Å²) in [7, 11) is -3.13. The zero-order chi connectivity index (χ0) is 14.8. The maximum atomic E-state index is 11.4. The third-order valence-electron chi connectivity index (χ3n) is 3.08. The second kappa shape index (κ2) is 5.97. The van der Waals surface area contributed by atoms with Gasteiger partial charge in [-0.1, -0.05) is 22.0 Å². The fourth-order valence-corrected chi connectivity index (χ4v) is 2.89. The summed E-state index contributed by atoms with van der Waals surface area (Å²) in [5, 5.41) is 3.29. The van der Waals surface area contributed by atoms with Crippen molar-refractivity contribution in [2.45, 2.75) is 18.4 Å². The van der Waals surface area contributed by atoms with Gasteiger partial charge in [0.2, 0.25) is 0 Å². The Labute approximate surface area is 128 Å². The van der Waals surface area contributed by atoms with Gasteiger partial charge in [0, 0.05) is 23.0 Å². The van der Waals surface area contributed by atoms with E-state index in [1.54, 1.807) is 24.3 Å². The minimum atomic E-state index is -3.13. The summed E-state index contributed by atoms with van der Waals surface area (Å²) < 4.78 is 23.8. The molecule has 0 spiro atoms. The van der Waals surface area contributed by atoms with Crippen LogP contribution in [-0.2, 0) is 16.4 Å². The highest BCUT2D eigenvalue weighted by atomic mass is 79.9. The van der Waals surface area contributed by atoms with Crippen LogP contribution < -0.4 is 5.32 Å². The van der Waals surface area contributed by atoms with Crippen LogP contribution in [0.2, 0.25) is 0 Å². The van der Waals surface area contributed by atoms with Gasteiger partial charge in [-0.2, -0.15) is 0 Å². The van der Waals surface area contributed by atoms with E-state index in [9.17, 15) is 8.42 Å². The van der Waals surface area contributed by atoms with Crippen LogP contribution in [0.4, 0.5) is 5.69 Å². The van der Waals surface area contributed by atoms with Crippen molar-refractivity contribution in [3.63, 3.8) is 0 Å². The SMILES string of the molecule is Cc1ccc(Br)cc1CNc1ccc(S(C)(=O)=O)cc1. The van der Waals surface area contributed by atoms with Crippen LogP contribution in [0.5, 0.6) is 0 Å². The van der Waals surface area contributed by atoms with Gasteiger partial charge in [-0.05, 0) is 54.4 Å². The van der Waals surface area contributed by atoms with Crippen LogP contribution in [0.3, 0.4) is 0 Å². The van der Waals surface area contributed by atoms with Gasteiger partial charge in [0.15, 0.2) is 9.84 Å². The largest absolute Gasteiger partial charge is 0.381 e. The van der Waals surface area contributed by atoms with Crippen LogP contribution >= 0.6 is 15.9 Å². The molecule has 0 aliphatic rings. The number of aryl methyl sites for hydroxylation is 1. The van der Waals surface area contributed by atoms with Crippen LogP contribution in [0, 0.1) is 6.92 Å². The lowest BCUT2D eigenvalue weighted by molar-refractivity contribution is 0.602. The van der Waals surface area contributed by atoms with Crippen molar-refractivity contribution in [1.82, 2.24) is 0 Å². The van der Waals surface area contributed by atoms with Crippen molar-refractivity contribution in [2.75, 3.05) is 11.6 Å². The Hall–Kier alpha value is -1.33. The van der Waals surface area contributed by atoms with Crippen molar-refractivity contribution in [2.24, 2.45) is 0 Å². The number of anilines is 1. The van der Waals surface area contributed by atoms with Gasteiger partial charge in [-0.3, -0.25) is 0 Å². The minimum Gasteiger partial charge on any atom is -0.381 e. The Kier molecular flexibility index (Phi) is 4.50. The molecule has 0 fully saturated rings. The molecule has 0 bridgehead atoms. The molecule has 0 radical (unpaired) electrons. The van der Waals surface area contributed by atoms with E-state index in [1.165, 1.54) is 17.4 Å². The number of benzene rings is 2. The van der Waals surface area contributed by atoms with Gasteiger partial charge in [-0.25, -0.2) is 8.42 Å². The maximum absolute atomic E-state index is 11.4. The average Bonchev–Trinajstić information content (AvgIpc) is 2.39. The summed E-state index contributed by atoms with van der Waals surface area (Å²) in [5.41, 5.74) is 3.32. The molecule has 5 heteroatoms. The fourth-order valence-electron chi connectivity index (χ4n) is 1.85. The molecule has 0 amide bonds. The van der Waals surface area contributed by atoms with Gasteiger partial charge >= 0.3 is 0 Å². The molecule has 2 rings (SSSR count). The van der Waals surface area contributed by atoms with Gasteiger partial charge < -0.3 is 5.32 Å². The molecule has 1 N–H and O–H groups in total. The van der Waals surface area contributed by atoms with Gasteiger partial charge in [0.1, 0.15) is 0 Å². The molecule has 0 atom stereocenters. The lowest BCUT2D eigenvalue weighted by atomic mass is 10.1. The van der Waals surface area contributed by atoms with Crippen LogP contribution in [-0.4, -0.2) is 14.7 Å². The number of hydrogen-bond donors (Lipinski definition) is 1. The maximum Gasteiger partial charge on any atom is 0.175 e. The molecular weight excluding hydrogens is 338 g/mol. The molecule has 0 unspecified atom stereocenters. The molecule has 2 aromatic rings. The molecule has 106 valence electrons. The number of hydrogen-bond acceptors (Lipinski definition) is 3. The second-order valence-corrected chi connectivity index (χ2v) is 7.65. The Balaban J connectivity index is 2.10. The molecular formula is C15H16BrNO2S. The first kappa shape index (κ1) is 15.1. The van der Waals surface area contributed by atoms with E-state index in [0.717, 1.165) is 10.2 Å². The van der Waals surface area contributed by atoms with Crippen molar-refractivity contribution < 1.29 is 8.42 Å². The first-order chi connectivity index (χ1) is 9.36. The summed E-state index contributed by atoms with van der Waals surface area (Å²) in [6.07, 6.45) is 1.21. The normalized spacial score (nSPS) is 11.3. The smallest absolute Gasteiger partial charge is 0.175 e. The molecule has 0 saturated carbocycles. The molecule has 20 heavy (non-hydrogen) atoms. The Bertz CT molecular complexity index is 709. The first-order valence-corrected chi connectivity index (χ1v) is 8.84. The van der Waals surface area contributed by atoms with Crippen LogP contribution in [0.15, 0.2) is 51.8 Å². The average molecular weight is 354 g/mol. The fraction of sp³-hybridized carbons (Fsp3) is 0.200. The third kappa shape index (κ3) is 3.84. The summed E-state index contributed by atoms with van der Waals surface area (Å²) in [6, 6.07) is 12.9. The summed E-state index contributed by atoms with van der Waals surface area (Å²) in [6.45, 7) is 2.76. The predicted octanol–water partition coefficient (Wildman–Crippen LogP) is 3.77. The second-order valence-electron chi connectivity index (χ2n) is 4.72. The molecule has 0 heterocycles. The number of sulfone groups is 1. The Morgan fingerprint density at radius 3 is 2.35 bits per heavy atom. The summed E-state index contributed by atoms with van der Waals surface area (Å²) in [5.74, 6) is 0. The standard InChI is InChI=1S/C15H16BrNO2S/c1-11-3-4-13(16)9-12(11)10-17-14-5-7-15(8-6-14)20(2,18)19/h3-9,17H,10H2,1-2H3. The van der Waals surface area contributed by atoms with Crippen molar-refractivity contribution >= 4 is 31.5 Å². The van der Waals surface area contributed by atoms with Crippen molar-refractivity contribution in [1.29, 1.82) is 0 Å². The lowest BCUT2D eigenvalue weighted by Gasteiger charge is -2.10. The molecule has 0 aliphatic carbocycles. The van der Waals surface area contributed by atoms with Crippen LogP contribution in [0.1, 0.15) is 11.1 Å². The van der Waals surface area contributed by atoms with Gasteiger partial charge in [0.25, 0.3) is 0 Å². The van der Waals surface area contributed by atoms with E-state index in [4.69, 9.17) is 0 Å². The van der Waals surface area contributed by atoms with E-state index in [1.807, 2.05) is 6.07 Å².